The van der Waals surface area contributed by atoms with Crippen LogP contribution in [0.5, 0.6) is 5.75 Å². The third kappa shape index (κ3) is 5.64. The molecule has 2 heterocycles. The number of benzene rings is 2. The molecule has 8 heteroatoms. The highest BCUT2D eigenvalue weighted by Gasteiger charge is 2.45. The molecular formula is C28H30FN3O4. The first-order chi connectivity index (χ1) is 17.3. The number of rotatable bonds is 10. The molecule has 1 unspecified atom stereocenters. The molecule has 4 rings (SSSR count). The van der Waals surface area contributed by atoms with Crippen LogP contribution in [-0.4, -0.2) is 44.4 Å². The van der Waals surface area contributed by atoms with E-state index in [1.165, 1.54) is 29.2 Å². The first-order valence-electron chi connectivity index (χ1n) is 12.1. The average molecular weight is 492 g/mol. The van der Waals surface area contributed by atoms with Gasteiger partial charge in [-0.25, -0.2) is 9.37 Å². The van der Waals surface area contributed by atoms with E-state index in [9.17, 15) is 19.1 Å². The van der Waals surface area contributed by atoms with E-state index >= 15 is 0 Å². The summed E-state index contributed by atoms with van der Waals surface area (Å²) < 4.78 is 21.3. The molecule has 3 aromatic rings. The molecule has 1 aliphatic heterocycles. The van der Waals surface area contributed by atoms with Crippen molar-refractivity contribution in [1.82, 2.24) is 14.5 Å². The Morgan fingerprint density at radius 3 is 2.61 bits per heavy atom. The van der Waals surface area contributed by atoms with Gasteiger partial charge in [0.2, 0.25) is 0 Å². The summed E-state index contributed by atoms with van der Waals surface area (Å²) in [6, 6.07) is 11.6. The molecule has 0 radical (unpaired) electrons. The molecule has 1 aromatic heterocycles. The number of Topliss-reactive ketones (excluding diaryl/α,β-unsaturated/α-hetero) is 1. The number of hydrogen-bond acceptors (Lipinski definition) is 5. The van der Waals surface area contributed by atoms with Gasteiger partial charge in [-0.15, -0.1) is 0 Å². The predicted molar refractivity (Wildman–Crippen MR) is 134 cm³/mol. The smallest absolute Gasteiger partial charge is 0.295 e. The largest absolute Gasteiger partial charge is 0.507 e. The Labute approximate surface area is 209 Å². The van der Waals surface area contributed by atoms with Crippen LogP contribution >= 0.6 is 0 Å². The normalized spacial score (nSPS) is 17.2. The summed E-state index contributed by atoms with van der Waals surface area (Å²) >= 11 is 0. The molecule has 0 saturated carbocycles. The van der Waals surface area contributed by atoms with E-state index < -0.39 is 23.5 Å². The molecule has 1 atom stereocenters. The van der Waals surface area contributed by atoms with E-state index in [4.69, 9.17) is 4.74 Å². The fourth-order valence-corrected chi connectivity index (χ4v) is 4.25. The molecule has 36 heavy (non-hydrogen) atoms. The molecule has 2 aromatic carbocycles. The zero-order chi connectivity index (χ0) is 25.7. The standard InChI is InChI=1S/C28H30FN3O4/c1-19(2)11-16-36-23-6-3-5-21(17-23)25-24(26(33)20-7-9-22(29)10-8-20)27(34)28(35)32(25)14-4-13-31-15-12-30-18-31/h3,5-10,12,15,17-19,25,33H,4,11,13-14,16H2,1-2H3. The van der Waals surface area contributed by atoms with Crippen molar-refractivity contribution in [3.63, 3.8) is 0 Å². The van der Waals surface area contributed by atoms with E-state index in [1.807, 2.05) is 29.0 Å². The zero-order valence-electron chi connectivity index (χ0n) is 20.4. The van der Waals surface area contributed by atoms with Crippen molar-refractivity contribution in [2.45, 2.75) is 39.3 Å². The number of halogens is 1. The van der Waals surface area contributed by atoms with Gasteiger partial charge in [0.25, 0.3) is 11.7 Å². The van der Waals surface area contributed by atoms with Crippen LogP contribution in [0.1, 0.15) is 43.9 Å². The van der Waals surface area contributed by atoms with Crippen molar-refractivity contribution >= 4 is 17.4 Å². The van der Waals surface area contributed by atoms with E-state index in [1.54, 1.807) is 18.6 Å². The zero-order valence-corrected chi connectivity index (χ0v) is 20.4. The van der Waals surface area contributed by atoms with Crippen LogP contribution in [0, 0.1) is 11.7 Å². The van der Waals surface area contributed by atoms with Gasteiger partial charge in [0.15, 0.2) is 0 Å². The lowest BCUT2D eigenvalue weighted by Crippen LogP contribution is -2.31. The van der Waals surface area contributed by atoms with Crippen LogP contribution in [-0.2, 0) is 16.1 Å². The van der Waals surface area contributed by atoms with Crippen LogP contribution in [0.2, 0.25) is 0 Å². The minimum Gasteiger partial charge on any atom is -0.507 e. The van der Waals surface area contributed by atoms with Crippen molar-refractivity contribution in [3.8, 4) is 5.75 Å². The van der Waals surface area contributed by atoms with Gasteiger partial charge < -0.3 is 19.3 Å². The maximum Gasteiger partial charge on any atom is 0.295 e. The fourth-order valence-electron chi connectivity index (χ4n) is 4.25. The Hall–Kier alpha value is -3.94. The van der Waals surface area contributed by atoms with Gasteiger partial charge in [0, 0.05) is 31.0 Å². The number of carbonyl (C=O) groups is 2. The van der Waals surface area contributed by atoms with E-state index in [-0.39, 0.29) is 16.9 Å². The van der Waals surface area contributed by atoms with Gasteiger partial charge in [-0.05, 0) is 60.7 Å². The van der Waals surface area contributed by atoms with E-state index in [0.29, 0.717) is 43.3 Å². The summed E-state index contributed by atoms with van der Waals surface area (Å²) in [5.74, 6) is -1.13. The monoisotopic (exact) mass is 491 g/mol. The lowest BCUT2D eigenvalue weighted by atomic mass is 9.95. The molecule has 0 bridgehead atoms. The van der Waals surface area contributed by atoms with Crippen molar-refractivity contribution in [3.05, 3.63) is 89.8 Å². The second-order valence-electron chi connectivity index (χ2n) is 9.26. The number of ketones is 1. The summed E-state index contributed by atoms with van der Waals surface area (Å²) in [4.78, 5) is 31.8. The summed E-state index contributed by atoms with van der Waals surface area (Å²) in [6.07, 6.45) is 6.68. The van der Waals surface area contributed by atoms with Crippen molar-refractivity contribution in [1.29, 1.82) is 0 Å². The van der Waals surface area contributed by atoms with Crippen molar-refractivity contribution < 1.29 is 23.8 Å². The minimum absolute atomic E-state index is 0.0198. The molecule has 1 aliphatic rings. The number of likely N-dealkylation sites (tertiary alicyclic amines) is 1. The third-order valence-electron chi connectivity index (χ3n) is 6.17. The first kappa shape index (κ1) is 25.2. The number of carbonyl (C=O) groups excluding carboxylic acids is 2. The SMILES string of the molecule is CC(C)CCOc1cccc(C2C(=C(O)c3ccc(F)cc3)C(=O)C(=O)N2CCCn2ccnc2)c1. The Bertz CT molecular complexity index is 1240. The van der Waals surface area contributed by atoms with E-state index in [0.717, 1.165) is 6.42 Å². The van der Waals surface area contributed by atoms with Crippen LogP contribution in [0.15, 0.2) is 72.8 Å². The Morgan fingerprint density at radius 1 is 1.14 bits per heavy atom. The number of hydrogen-bond donors (Lipinski definition) is 1. The second kappa shape index (κ2) is 11.2. The van der Waals surface area contributed by atoms with Crippen LogP contribution in [0.4, 0.5) is 4.39 Å². The Kier molecular flexibility index (Phi) is 7.83. The molecule has 0 aliphatic carbocycles. The Balaban J connectivity index is 1.69. The van der Waals surface area contributed by atoms with Gasteiger partial charge in [-0.2, -0.15) is 0 Å². The minimum atomic E-state index is -0.800. The van der Waals surface area contributed by atoms with Crippen LogP contribution < -0.4 is 4.74 Å². The highest BCUT2D eigenvalue weighted by atomic mass is 19.1. The number of nitrogens with zero attached hydrogens (tertiary/aromatic N) is 3. The predicted octanol–water partition coefficient (Wildman–Crippen LogP) is 4.96. The molecule has 1 N–H and O–H groups in total. The fraction of sp³-hybridized carbons (Fsp3) is 0.321. The van der Waals surface area contributed by atoms with Gasteiger partial charge in [0.05, 0.1) is 24.5 Å². The summed E-state index contributed by atoms with van der Waals surface area (Å²) in [6.45, 7) is 5.69. The molecule has 1 amide bonds. The highest BCUT2D eigenvalue weighted by molar-refractivity contribution is 6.46. The van der Waals surface area contributed by atoms with Gasteiger partial charge in [-0.1, -0.05) is 26.0 Å². The lowest BCUT2D eigenvalue weighted by Gasteiger charge is -2.26. The molecule has 188 valence electrons. The average Bonchev–Trinajstić information content (AvgIpc) is 3.46. The van der Waals surface area contributed by atoms with Crippen LogP contribution in [0.3, 0.4) is 0 Å². The number of amides is 1. The van der Waals surface area contributed by atoms with E-state index in [2.05, 4.69) is 18.8 Å². The molecular weight excluding hydrogens is 461 g/mol. The maximum absolute atomic E-state index is 13.5. The molecule has 1 saturated heterocycles. The number of aliphatic hydroxyl groups excluding tert-OH is 1. The number of ether oxygens (including phenoxy) is 1. The highest BCUT2D eigenvalue weighted by Crippen LogP contribution is 2.40. The third-order valence-corrected chi connectivity index (χ3v) is 6.17. The maximum atomic E-state index is 13.5. The lowest BCUT2D eigenvalue weighted by molar-refractivity contribution is -0.139. The molecule has 0 spiro atoms. The van der Waals surface area contributed by atoms with Crippen molar-refractivity contribution in [2.75, 3.05) is 13.2 Å². The Morgan fingerprint density at radius 2 is 1.92 bits per heavy atom. The second-order valence-corrected chi connectivity index (χ2v) is 9.26. The van der Waals surface area contributed by atoms with Gasteiger partial charge in [-0.3, -0.25) is 9.59 Å². The summed E-state index contributed by atoms with van der Waals surface area (Å²) in [5.41, 5.74) is 0.901. The number of aromatic nitrogens is 2. The van der Waals surface area contributed by atoms with Crippen LogP contribution in [0.25, 0.3) is 5.76 Å². The first-order valence-corrected chi connectivity index (χ1v) is 12.1. The molecule has 1 fully saturated rings. The molecule has 7 nitrogen and oxygen atoms in total. The number of imidazole rings is 1. The topological polar surface area (TPSA) is 84.7 Å². The van der Waals surface area contributed by atoms with Gasteiger partial charge >= 0.3 is 0 Å². The summed E-state index contributed by atoms with van der Waals surface area (Å²) in [7, 11) is 0. The number of aryl methyl sites for hydroxylation is 1. The quantitative estimate of drug-likeness (QED) is 0.246. The number of aliphatic hydroxyl groups is 1. The summed E-state index contributed by atoms with van der Waals surface area (Å²) in [5, 5.41) is 11.1. The van der Waals surface area contributed by atoms with Gasteiger partial charge in [0.1, 0.15) is 17.3 Å². The van der Waals surface area contributed by atoms with Crippen molar-refractivity contribution in [2.24, 2.45) is 5.92 Å².